The van der Waals surface area contributed by atoms with Crippen LogP contribution < -0.4 is 16.0 Å². The van der Waals surface area contributed by atoms with Gasteiger partial charge in [-0.05, 0) is 55.7 Å². The molecule has 3 fully saturated rings. The van der Waals surface area contributed by atoms with Gasteiger partial charge in [0.2, 0.25) is 18.1 Å². The third kappa shape index (κ3) is 6.85. The molecule has 4 rings (SSSR count). The fourth-order valence-corrected chi connectivity index (χ4v) is 6.30. The Morgan fingerprint density at radius 3 is 2.59 bits per heavy atom. The Kier molecular flexibility index (Phi) is 9.63. The van der Waals surface area contributed by atoms with Crippen molar-refractivity contribution >= 4 is 41.0 Å². The van der Waals surface area contributed by atoms with Crippen LogP contribution in [0.15, 0.2) is 18.2 Å². The summed E-state index contributed by atoms with van der Waals surface area (Å²) >= 11 is 6.33. The van der Waals surface area contributed by atoms with E-state index < -0.39 is 47.9 Å². The van der Waals surface area contributed by atoms with Crippen LogP contribution in [0.5, 0.6) is 0 Å². The highest BCUT2D eigenvalue weighted by Gasteiger charge is 2.54. The molecule has 1 aromatic rings. The molecular formula is C29H41ClN4O7. The SMILES string of the molecule is CCOC1OC(=O)CC1NC(O)C1C2CCC(C2)N1C(=O)C(NC(=O)c1ccc(NC(=O)CC)c(Cl)c1)C(C)(C)C. The molecule has 2 bridgehead atoms. The van der Waals surface area contributed by atoms with Crippen molar-refractivity contribution in [3.05, 3.63) is 28.8 Å². The molecule has 4 N–H and O–H groups in total. The van der Waals surface area contributed by atoms with Gasteiger partial charge in [-0.15, -0.1) is 0 Å². The minimum Gasteiger partial charge on any atom is -0.434 e. The third-order valence-corrected chi connectivity index (χ3v) is 8.43. The van der Waals surface area contributed by atoms with Crippen molar-refractivity contribution in [2.24, 2.45) is 11.3 Å². The molecule has 2 saturated heterocycles. The lowest BCUT2D eigenvalue weighted by atomic mass is 9.84. The lowest BCUT2D eigenvalue weighted by Crippen LogP contribution is -2.63. The first-order valence-corrected chi connectivity index (χ1v) is 14.7. The number of hydrogen-bond acceptors (Lipinski definition) is 8. The topological polar surface area (TPSA) is 146 Å². The maximum absolute atomic E-state index is 14.2. The summed E-state index contributed by atoms with van der Waals surface area (Å²) in [6.45, 7) is 9.49. The first-order valence-electron chi connectivity index (χ1n) is 14.3. The number of aliphatic hydroxyl groups excluding tert-OH is 1. The first-order chi connectivity index (χ1) is 19.3. The fourth-order valence-electron chi connectivity index (χ4n) is 6.08. The minimum absolute atomic E-state index is 0.0562. The summed E-state index contributed by atoms with van der Waals surface area (Å²) in [6.07, 6.45) is 0.877. The number of amides is 3. The summed E-state index contributed by atoms with van der Waals surface area (Å²) in [5, 5.41) is 20.2. The highest BCUT2D eigenvalue weighted by Crippen LogP contribution is 2.44. The van der Waals surface area contributed by atoms with Gasteiger partial charge in [0.1, 0.15) is 12.3 Å². The molecule has 0 aromatic heterocycles. The van der Waals surface area contributed by atoms with E-state index >= 15 is 0 Å². The quantitative estimate of drug-likeness (QED) is 0.240. The number of ether oxygens (including phenoxy) is 2. The number of cyclic esters (lactones) is 1. The van der Waals surface area contributed by atoms with Crippen LogP contribution in [0.25, 0.3) is 0 Å². The standard InChI is InChI=1S/C29H41ClN4O7/c1-6-21(35)31-19-11-9-16(13-18(19)30)25(37)33-24(29(3,4)5)27(39)34-17-10-8-15(12-17)23(34)26(38)32-20-14-22(36)41-28(20)40-7-2/h9,11,13,15,17,20,23-24,26,28,32,38H,6-8,10,12,14H2,1-5H3,(H,31,35)(H,33,37). The van der Waals surface area contributed by atoms with Gasteiger partial charge in [-0.3, -0.25) is 24.5 Å². The largest absolute Gasteiger partial charge is 0.434 e. The van der Waals surface area contributed by atoms with E-state index in [1.165, 1.54) is 6.07 Å². The minimum atomic E-state index is -1.11. The number of hydrogen-bond donors (Lipinski definition) is 4. The summed E-state index contributed by atoms with van der Waals surface area (Å²) in [7, 11) is 0. The molecule has 1 saturated carbocycles. The highest BCUT2D eigenvalue weighted by molar-refractivity contribution is 6.34. The maximum atomic E-state index is 14.2. The van der Waals surface area contributed by atoms with Crippen molar-refractivity contribution < 1.29 is 33.8 Å². The summed E-state index contributed by atoms with van der Waals surface area (Å²) in [4.78, 5) is 52.9. The highest BCUT2D eigenvalue weighted by atomic mass is 35.5. The summed E-state index contributed by atoms with van der Waals surface area (Å²) in [5.74, 6) is -1.29. The monoisotopic (exact) mass is 592 g/mol. The molecular weight excluding hydrogens is 552 g/mol. The van der Waals surface area contributed by atoms with E-state index in [1.807, 2.05) is 20.8 Å². The molecule has 3 amide bonds. The number of aliphatic hydroxyl groups is 1. The second-order valence-electron chi connectivity index (χ2n) is 12.1. The zero-order valence-corrected chi connectivity index (χ0v) is 25.0. The van der Waals surface area contributed by atoms with E-state index in [-0.39, 0.29) is 47.2 Å². The smallest absolute Gasteiger partial charge is 0.309 e. The van der Waals surface area contributed by atoms with E-state index in [0.717, 1.165) is 19.3 Å². The van der Waals surface area contributed by atoms with Crippen molar-refractivity contribution in [3.8, 4) is 0 Å². The predicted molar refractivity (Wildman–Crippen MR) is 152 cm³/mol. The Morgan fingerprint density at radius 2 is 1.95 bits per heavy atom. The number of nitrogens with one attached hydrogen (secondary N) is 3. The van der Waals surface area contributed by atoms with Gasteiger partial charge in [0.05, 0.1) is 29.2 Å². The lowest BCUT2D eigenvalue weighted by molar-refractivity contribution is -0.165. The van der Waals surface area contributed by atoms with Crippen LogP contribution in [0, 0.1) is 11.3 Å². The van der Waals surface area contributed by atoms with Crippen molar-refractivity contribution in [2.45, 2.75) is 103 Å². The van der Waals surface area contributed by atoms with Gasteiger partial charge in [0.25, 0.3) is 5.91 Å². The number of carbonyl (C=O) groups is 4. The number of halogens is 1. The molecule has 2 heterocycles. The Balaban J connectivity index is 1.52. The van der Waals surface area contributed by atoms with E-state index in [1.54, 1.807) is 30.9 Å². The van der Waals surface area contributed by atoms with Gasteiger partial charge in [-0.2, -0.15) is 0 Å². The van der Waals surface area contributed by atoms with Gasteiger partial charge >= 0.3 is 5.97 Å². The predicted octanol–water partition coefficient (Wildman–Crippen LogP) is 2.80. The molecule has 7 unspecified atom stereocenters. The molecule has 11 nitrogen and oxygen atoms in total. The van der Waals surface area contributed by atoms with E-state index in [2.05, 4.69) is 16.0 Å². The number of anilines is 1. The number of nitrogens with zero attached hydrogens (tertiary/aromatic N) is 1. The summed E-state index contributed by atoms with van der Waals surface area (Å²) in [6, 6.07) is 2.54. The molecule has 3 aliphatic rings. The van der Waals surface area contributed by atoms with E-state index in [0.29, 0.717) is 12.3 Å². The molecule has 0 radical (unpaired) electrons. The number of carbonyl (C=O) groups excluding carboxylic acids is 4. The third-order valence-electron chi connectivity index (χ3n) is 8.11. The molecule has 1 aromatic carbocycles. The molecule has 0 spiro atoms. The van der Waals surface area contributed by atoms with Crippen LogP contribution in [0.2, 0.25) is 5.02 Å². The maximum Gasteiger partial charge on any atom is 0.309 e. The Labute approximate surface area is 245 Å². The molecule has 7 atom stereocenters. The van der Waals surface area contributed by atoms with E-state index in [4.69, 9.17) is 21.1 Å². The number of likely N-dealkylation sites (tertiary alicyclic amines) is 1. The number of esters is 1. The van der Waals surface area contributed by atoms with Crippen LogP contribution in [0.4, 0.5) is 5.69 Å². The van der Waals surface area contributed by atoms with Crippen molar-refractivity contribution in [1.82, 2.24) is 15.5 Å². The first kappa shape index (κ1) is 31.2. The number of benzene rings is 1. The van der Waals surface area contributed by atoms with Crippen molar-refractivity contribution in [3.63, 3.8) is 0 Å². The molecule has 2 aliphatic heterocycles. The van der Waals surface area contributed by atoms with Gasteiger partial charge in [0.15, 0.2) is 0 Å². The van der Waals surface area contributed by atoms with Crippen LogP contribution in [-0.4, -0.2) is 77.0 Å². The summed E-state index contributed by atoms with van der Waals surface area (Å²) in [5.41, 5.74) is -0.000231. The zero-order valence-electron chi connectivity index (χ0n) is 24.2. The zero-order chi connectivity index (χ0) is 30.1. The Hall–Kier alpha value is -2.73. The second-order valence-corrected chi connectivity index (χ2v) is 12.5. The summed E-state index contributed by atoms with van der Waals surface area (Å²) < 4.78 is 10.8. The van der Waals surface area contributed by atoms with Crippen molar-refractivity contribution in [2.75, 3.05) is 11.9 Å². The molecule has 12 heteroatoms. The van der Waals surface area contributed by atoms with Crippen LogP contribution in [-0.2, 0) is 23.9 Å². The van der Waals surface area contributed by atoms with Crippen LogP contribution in [0.1, 0.15) is 77.1 Å². The average Bonchev–Trinajstić information content (AvgIpc) is 3.62. The van der Waals surface area contributed by atoms with E-state index in [9.17, 15) is 24.3 Å². The molecule has 226 valence electrons. The molecule has 41 heavy (non-hydrogen) atoms. The van der Waals surface area contributed by atoms with Crippen LogP contribution >= 0.6 is 11.6 Å². The Morgan fingerprint density at radius 1 is 1.22 bits per heavy atom. The second kappa shape index (κ2) is 12.6. The number of fused-ring (bicyclic) bond motifs is 2. The molecule has 1 aliphatic carbocycles. The van der Waals surface area contributed by atoms with Gasteiger partial charge in [-0.25, -0.2) is 0 Å². The fraction of sp³-hybridized carbons (Fsp3) is 0.655. The lowest BCUT2D eigenvalue weighted by Gasteiger charge is -2.43. The van der Waals surface area contributed by atoms with Crippen molar-refractivity contribution in [1.29, 1.82) is 0 Å². The van der Waals surface area contributed by atoms with Gasteiger partial charge in [0, 0.05) is 24.6 Å². The average molecular weight is 593 g/mol. The van der Waals surface area contributed by atoms with Crippen LogP contribution in [0.3, 0.4) is 0 Å². The Bertz CT molecular complexity index is 1170. The van der Waals surface area contributed by atoms with Gasteiger partial charge in [-0.1, -0.05) is 39.3 Å². The number of piperidine rings is 1. The van der Waals surface area contributed by atoms with Gasteiger partial charge < -0.3 is 30.1 Å². The normalized spacial score (nSPS) is 27.0. The number of rotatable bonds is 10.